The number of aromatic nitrogens is 2. The van der Waals surface area contributed by atoms with Crippen LogP contribution in [0.1, 0.15) is 73.7 Å². The molecule has 4 aromatic carbocycles. The van der Waals surface area contributed by atoms with Gasteiger partial charge in [-0.1, -0.05) is 91.5 Å². The molecule has 5 aromatic rings. The summed E-state index contributed by atoms with van der Waals surface area (Å²) in [5.74, 6) is 1.42. The van der Waals surface area contributed by atoms with E-state index in [4.69, 9.17) is 28.0 Å². The van der Waals surface area contributed by atoms with Crippen molar-refractivity contribution in [2.75, 3.05) is 20.8 Å². The quantitative estimate of drug-likeness (QED) is 0.0686. The lowest BCUT2D eigenvalue weighted by molar-refractivity contribution is -0.0926. The van der Waals surface area contributed by atoms with Crippen molar-refractivity contribution >= 4 is 14.6 Å². The molecule has 4 atom stereocenters. The second kappa shape index (κ2) is 19.3. The second-order valence-corrected chi connectivity index (χ2v) is 16.2. The minimum atomic E-state index is -1.68. The molecule has 1 fully saturated rings. The molecule has 6 rings (SSSR count). The van der Waals surface area contributed by atoms with Crippen LogP contribution in [0.15, 0.2) is 125 Å². The number of nitrogens with one attached hydrogen (secondary N) is 1. The highest BCUT2D eigenvalue weighted by Crippen LogP contribution is 2.51. The third kappa shape index (κ3) is 9.37. The van der Waals surface area contributed by atoms with Crippen molar-refractivity contribution in [2.45, 2.75) is 83.8 Å². The Bertz CT molecular complexity index is 2170. The van der Waals surface area contributed by atoms with Gasteiger partial charge in [-0.05, 0) is 86.7 Å². The first-order valence-corrected chi connectivity index (χ1v) is 20.7. The Morgan fingerprint density at radius 1 is 0.862 bits per heavy atom. The van der Waals surface area contributed by atoms with Gasteiger partial charge in [-0.25, -0.2) is 9.46 Å². The topological polar surface area (TPSA) is 113 Å². The number of H-pyrrole nitrogens is 1. The number of benzene rings is 4. The fourth-order valence-corrected chi connectivity index (χ4v) is 9.20. The molecule has 1 saturated heterocycles. The zero-order chi connectivity index (χ0) is 41.4. The highest BCUT2D eigenvalue weighted by Gasteiger charge is 2.45. The van der Waals surface area contributed by atoms with E-state index in [1.54, 1.807) is 21.1 Å². The Morgan fingerprint density at radius 2 is 1.43 bits per heavy atom. The Morgan fingerprint density at radius 3 is 2.00 bits per heavy atom. The average molecular weight is 808 g/mol. The number of aryl methyl sites for hydroxylation is 1. The van der Waals surface area contributed by atoms with Gasteiger partial charge in [0.25, 0.3) is 14.1 Å². The van der Waals surface area contributed by atoms with Gasteiger partial charge in [0.15, 0.2) is 0 Å². The second-order valence-electron chi connectivity index (χ2n) is 14.8. The third-order valence-corrected chi connectivity index (χ3v) is 12.5. The SMILES string of the molecule is C=Cc1ccccc1COP(OC1C[C@H](n2cc(C)c(=O)[nH]c2=O)O[C@@H]1COC(c1ccccc1)(c1ccc(OC)cc1)c1ccc(OC)cc1)N(C(C)C)C(C)C. The zero-order valence-electron chi connectivity index (χ0n) is 34.3. The van der Waals surface area contributed by atoms with Gasteiger partial charge >= 0.3 is 5.69 Å². The lowest BCUT2D eigenvalue weighted by Crippen LogP contribution is -2.39. The van der Waals surface area contributed by atoms with Crippen molar-refractivity contribution in [3.8, 4) is 11.5 Å². The number of nitrogens with zero attached hydrogens (tertiary/aromatic N) is 2. The largest absolute Gasteiger partial charge is 0.497 e. The van der Waals surface area contributed by atoms with Crippen molar-refractivity contribution in [1.82, 2.24) is 14.2 Å². The van der Waals surface area contributed by atoms with Gasteiger partial charge in [-0.3, -0.25) is 14.3 Å². The number of methoxy groups -OCH3 is 2. The van der Waals surface area contributed by atoms with Crippen LogP contribution < -0.4 is 20.7 Å². The molecular weight excluding hydrogens is 753 g/mol. The van der Waals surface area contributed by atoms with E-state index >= 15 is 0 Å². The number of hydrogen-bond acceptors (Lipinski definition) is 9. The minimum absolute atomic E-state index is 0.0526. The maximum atomic E-state index is 13.3. The molecule has 0 bridgehead atoms. The molecule has 1 aromatic heterocycles. The fraction of sp³-hybridized carbons (Fsp3) is 0.348. The molecule has 0 aliphatic carbocycles. The van der Waals surface area contributed by atoms with E-state index in [2.05, 4.69) is 43.9 Å². The van der Waals surface area contributed by atoms with Crippen LogP contribution in [0.2, 0.25) is 0 Å². The van der Waals surface area contributed by atoms with E-state index in [0.717, 1.165) is 27.8 Å². The average Bonchev–Trinajstić information content (AvgIpc) is 3.63. The van der Waals surface area contributed by atoms with Gasteiger partial charge in [0.05, 0.1) is 33.5 Å². The van der Waals surface area contributed by atoms with E-state index in [1.807, 2.05) is 109 Å². The van der Waals surface area contributed by atoms with Crippen LogP contribution >= 0.6 is 8.53 Å². The molecule has 0 amide bonds. The molecule has 2 unspecified atom stereocenters. The van der Waals surface area contributed by atoms with Gasteiger partial charge < -0.3 is 28.0 Å². The molecule has 12 heteroatoms. The van der Waals surface area contributed by atoms with Crippen LogP contribution in [0.4, 0.5) is 0 Å². The highest BCUT2D eigenvalue weighted by atomic mass is 31.2. The lowest BCUT2D eigenvalue weighted by Gasteiger charge is -2.39. The Labute approximate surface area is 342 Å². The van der Waals surface area contributed by atoms with Gasteiger partial charge in [0, 0.05) is 30.3 Å². The lowest BCUT2D eigenvalue weighted by atomic mass is 9.80. The zero-order valence-corrected chi connectivity index (χ0v) is 35.2. The summed E-state index contributed by atoms with van der Waals surface area (Å²) in [6.45, 7) is 14.5. The van der Waals surface area contributed by atoms with Crippen molar-refractivity contribution < 1.29 is 28.0 Å². The van der Waals surface area contributed by atoms with Crippen LogP contribution in [-0.2, 0) is 30.7 Å². The molecule has 306 valence electrons. The van der Waals surface area contributed by atoms with E-state index in [0.29, 0.717) is 23.7 Å². The molecule has 58 heavy (non-hydrogen) atoms. The number of hydrogen-bond donors (Lipinski definition) is 1. The van der Waals surface area contributed by atoms with E-state index in [1.165, 1.54) is 10.8 Å². The summed E-state index contributed by atoms with van der Waals surface area (Å²) in [6.07, 6.45) is 1.61. The first-order chi connectivity index (χ1) is 28.0. The molecule has 0 radical (unpaired) electrons. The van der Waals surface area contributed by atoms with Crippen LogP contribution in [-0.4, -0.2) is 59.3 Å². The number of ether oxygens (including phenoxy) is 4. The van der Waals surface area contributed by atoms with Crippen LogP contribution in [0, 0.1) is 6.92 Å². The summed E-state index contributed by atoms with van der Waals surface area (Å²) < 4.78 is 42.7. The molecule has 2 heterocycles. The molecular formula is C46H54N3O8P. The van der Waals surface area contributed by atoms with Crippen LogP contribution in [0.5, 0.6) is 11.5 Å². The maximum Gasteiger partial charge on any atom is 0.330 e. The Balaban J connectivity index is 1.43. The molecule has 11 nitrogen and oxygen atoms in total. The minimum Gasteiger partial charge on any atom is -0.497 e. The smallest absolute Gasteiger partial charge is 0.330 e. The summed E-state index contributed by atoms with van der Waals surface area (Å²) in [6, 6.07) is 33.9. The maximum absolute atomic E-state index is 13.3. The van der Waals surface area contributed by atoms with Crippen molar-refractivity contribution in [3.63, 3.8) is 0 Å². The monoisotopic (exact) mass is 807 g/mol. The fourth-order valence-electron chi connectivity index (χ4n) is 7.44. The summed E-state index contributed by atoms with van der Waals surface area (Å²) in [5.41, 5.74) is 2.83. The summed E-state index contributed by atoms with van der Waals surface area (Å²) in [4.78, 5) is 28.1. The standard InChI is InChI=1S/C46H54N3O8P/c1-9-34-15-13-14-16-35(34)29-55-58(49(31(2)3)32(4)5)57-41-27-43(48-28-33(6)44(50)47-45(48)51)56-42(41)30-54-46(36-17-11-10-12-18-36,37-19-23-39(52-7)24-20-37)38-21-25-40(53-8)26-22-38/h9-26,28,31-32,41-43H,1,27,29-30H2,2-8H3,(H,47,50,51)/t41?,42-,43-,58?/m1/s1. The first-order valence-electron chi connectivity index (χ1n) is 19.5. The van der Waals surface area contributed by atoms with Crippen molar-refractivity contribution in [1.29, 1.82) is 0 Å². The highest BCUT2D eigenvalue weighted by molar-refractivity contribution is 7.44. The summed E-state index contributed by atoms with van der Waals surface area (Å²) >= 11 is 0. The van der Waals surface area contributed by atoms with E-state index < -0.39 is 43.8 Å². The summed E-state index contributed by atoms with van der Waals surface area (Å²) in [7, 11) is 1.60. The normalized spacial score (nSPS) is 17.5. The number of rotatable bonds is 18. The van der Waals surface area contributed by atoms with Gasteiger partial charge in [0.2, 0.25) is 0 Å². The van der Waals surface area contributed by atoms with E-state index in [-0.39, 0.29) is 25.1 Å². The van der Waals surface area contributed by atoms with Gasteiger partial charge in [-0.2, -0.15) is 0 Å². The molecule has 1 aliphatic rings. The van der Waals surface area contributed by atoms with Crippen LogP contribution in [0.25, 0.3) is 6.08 Å². The van der Waals surface area contributed by atoms with Gasteiger partial charge in [-0.15, -0.1) is 0 Å². The van der Waals surface area contributed by atoms with Crippen LogP contribution in [0.3, 0.4) is 0 Å². The molecule has 1 N–H and O–H groups in total. The molecule has 1 aliphatic heterocycles. The van der Waals surface area contributed by atoms with Crippen molar-refractivity contribution in [3.05, 3.63) is 170 Å². The van der Waals surface area contributed by atoms with E-state index in [9.17, 15) is 9.59 Å². The van der Waals surface area contributed by atoms with Crippen molar-refractivity contribution in [2.24, 2.45) is 0 Å². The Hall–Kier alpha value is -4.87. The Kier molecular flexibility index (Phi) is 14.2. The molecule has 0 saturated carbocycles. The first kappa shape index (κ1) is 42.7. The molecule has 0 spiro atoms. The summed E-state index contributed by atoms with van der Waals surface area (Å²) in [5, 5.41) is 0. The predicted octanol–water partition coefficient (Wildman–Crippen LogP) is 8.75. The predicted molar refractivity (Wildman–Crippen MR) is 228 cm³/mol. The number of aromatic amines is 1. The third-order valence-electron chi connectivity index (χ3n) is 10.4. The van der Waals surface area contributed by atoms with Gasteiger partial charge in [0.1, 0.15) is 29.4 Å².